The van der Waals surface area contributed by atoms with Gasteiger partial charge in [-0.05, 0) is 37.5 Å². The first-order valence-electron chi connectivity index (χ1n) is 6.75. The van der Waals surface area contributed by atoms with Crippen LogP contribution in [0.25, 0.3) is 0 Å². The van der Waals surface area contributed by atoms with E-state index in [-0.39, 0.29) is 18.4 Å². The molecule has 1 rings (SSSR count). The zero-order valence-corrected chi connectivity index (χ0v) is 12.8. The molecule has 0 aromatic carbocycles. The second-order valence-corrected chi connectivity index (χ2v) is 8.23. The molecule has 5 nitrogen and oxygen atoms in total. The summed E-state index contributed by atoms with van der Waals surface area (Å²) in [6, 6.07) is 1.77. The summed E-state index contributed by atoms with van der Waals surface area (Å²) in [7, 11) is -3.66. The molecule has 1 fully saturated rings. The van der Waals surface area contributed by atoms with Crippen LogP contribution in [0.15, 0.2) is 0 Å². The van der Waals surface area contributed by atoms with Crippen molar-refractivity contribution in [1.29, 1.82) is 5.26 Å². The van der Waals surface area contributed by atoms with Crippen molar-refractivity contribution >= 4 is 10.0 Å². The minimum atomic E-state index is -3.66. The first-order chi connectivity index (χ1) is 8.64. The van der Waals surface area contributed by atoms with Gasteiger partial charge in [0.25, 0.3) is 0 Å². The van der Waals surface area contributed by atoms with Crippen molar-refractivity contribution in [3.05, 3.63) is 0 Å². The Hall–Kier alpha value is -0.640. The third kappa shape index (κ3) is 4.44. The van der Waals surface area contributed by atoms with E-state index in [0.29, 0.717) is 12.8 Å². The number of rotatable bonds is 5. The Morgan fingerprint density at radius 1 is 1.32 bits per heavy atom. The van der Waals surface area contributed by atoms with Gasteiger partial charge in [-0.1, -0.05) is 20.8 Å². The number of hydrogen-bond acceptors (Lipinski definition) is 4. The molecule has 0 heterocycles. The number of sulfonamides is 1. The summed E-state index contributed by atoms with van der Waals surface area (Å²) in [4.78, 5) is 0. The van der Waals surface area contributed by atoms with Gasteiger partial charge >= 0.3 is 0 Å². The Bertz CT molecular complexity index is 441. The molecule has 1 aliphatic rings. The van der Waals surface area contributed by atoms with Crippen LogP contribution in [-0.2, 0) is 10.0 Å². The fourth-order valence-corrected chi connectivity index (χ4v) is 3.53. The van der Waals surface area contributed by atoms with Crippen LogP contribution in [-0.4, -0.2) is 30.9 Å². The van der Waals surface area contributed by atoms with Gasteiger partial charge in [0, 0.05) is 6.54 Å². The van der Waals surface area contributed by atoms with Crippen molar-refractivity contribution in [2.24, 2.45) is 5.41 Å². The number of nitriles is 1. The van der Waals surface area contributed by atoms with Gasteiger partial charge in [-0.25, -0.2) is 13.1 Å². The molecule has 110 valence electrons. The molecule has 0 aliphatic heterocycles. The van der Waals surface area contributed by atoms with Crippen molar-refractivity contribution < 1.29 is 13.5 Å². The maximum absolute atomic E-state index is 11.9. The molecular weight excluding hydrogens is 264 g/mol. The average Bonchev–Trinajstić information content (AvgIpc) is 2.33. The van der Waals surface area contributed by atoms with Gasteiger partial charge in [0.15, 0.2) is 5.25 Å². The summed E-state index contributed by atoms with van der Waals surface area (Å²) in [5.74, 6) is 0. The quantitative estimate of drug-likeness (QED) is 0.803. The standard InChI is InChI=1S/C13H24N2O3S/c1-4-11(9-14)19(17,18)15-10-13(16)7-5-12(2,3)6-8-13/h11,15-16H,4-8,10H2,1-3H3. The third-order valence-corrected chi connectivity index (χ3v) is 5.76. The summed E-state index contributed by atoms with van der Waals surface area (Å²) >= 11 is 0. The van der Waals surface area contributed by atoms with Crippen LogP contribution in [0.5, 0.6) is 0 Å². The van der Waals surface area contributed by atoms with Crippen molar-refractivity contribution in [3.8, 4) is 6.07 Å². The number of hydrogen-bond donors (Lipinski definition) is 2. The molecule has 1 aliphatic carbocycles. The number of nitrogens with zero attached hydrogens (tertiary/aromatic N) is 1. The molecule has 19 heavy (non-hydrogen) atoms. The Balaban J connectivity index is 2.60. The largest absolute Gasteiger partial charge is 0.389 e. The maximum Gasteiger partial charge on any atom is 0.228 e. The van der Waals surface area contributed by atoms with Crippen molar-refractivity contribution in [2.75, 3.05) is 6.54 Å². The molecule has 2 N–H and O–H groups in total. The maximum atomic E-state index is 11.9. The highest BCUT2D eigenvalue weighted by atomic mass is 32.2. The van der Waals surface area contributed by atoms with E-state index < -0.39 is 20.9 Å². The molecule has 0 radical (unpaired) electrons. The monoisotopic (exact) mass is 288 g/mol. The lowest BCUT2D eigenvalue weighted by molar-refractivity contribution is -0.0206. The molecule has 1 unspecified atom stereocenters. The Kier molecular flexibility index (Phi) is 4.99. The topological polar surface area (TPSA) is 90.2 Å². The molecule has 1 saturated carbocycles. The van der Waals surface area contributed by atoms with E-state index in [9.17, 15) is 13.5 Å². The molecule has 0 aromatic rings. The van der Waals surface area contributed by atoms with Crippen molar-refractivity contribution in [3.63, 3.8) is 0 Å². The Labute approximate surface area is 116 Å². The molecule has 0 bridgehead atoms. The molecule has 1 atom stereocenters. The van der Waals surface area contributed by atoms with Gasteiger partial charge in [0.1, 0.15) is 0 Å². The minimum Gasteiger partial charge on any atom is -0.389 e. The van der Waals surface area contributed by atoms with Crippen LogP contribution in [0, 0.1) is 16.7 Å². The summed E-state index contributed by atoms with van der Waals surface area (Å²) in [5.41, 5.74) is -0.764. The first kappa shape index (κ1) is 16.4. The van der Waals surface area contributed by atoms with E-state index in [1.54, 1.807) is 13.0 Å². The van der Waals surface area contributed by atoms with E-state index >= 15 is 0 Å². The lowest BCUT2D eigenvalue weighted by Crippen LogP contribution is -2.48. The lowest BCUT2D eigenvalue weighted by atomic mass is 9.71. The van der Waals surface area contributed by atoms with E-state index in [1.165, 1.54) is 0 Å². The molecule has 0 aromatic heterocycles. The summed E-state index contributed by atoms with van der Waals surface area (Å²) < 4.78 is 26.1. The van der Waals surface area contributed by atoms with Gasteiger partial charge in [0.05, 0.1) is 11.7 Å². The van der Waals surface area contributed by atoms with Crippen molar-refractivity contribution in [2.45, 2.75) is 63.7 Å². The van der Waals surface area contributed by atoms with Crippen molar-refractivity contribution in [1.82, 2.24) is 4.72 Å². The van der Waals surface area contributed by atoms with Gasteiger partial charge in [-0.15, -0.1) is 0 Å². The normalized spacial score (nSPS) is 23.5. The second kappa shape index (κ2) is 5.78. The highest BCUT2D eigenvalue weighted by Gasteiger charge is 2.38. The number of nitrogens with one attached hydrogen (secondary N) is 1. The van der Waals surface area contributed by atoms with Gasteiger partial charge in [-0.2, -0.15) is 5.26 Å². The predicted octanol–water partition coefficient (Wildman–Crippen LogP) is 1.54. The first-order valence-corrected chi connectivity index (χ1v) is 8.29. The highest BCUT2D eigenvalue weighted by molar-refractivity contribution is 7.90. The van der Waals surface area contributed by atoms with Crippen LogP contribution in [0.1, 0.15) is 52.9 Å². The molecule has 6 heteroatoms. The fourth-order valence-electron chi connectivity index (χ4n) is 2.28. The molecule has 0 amide bonds. The van der Waals surface area contributed by atoms with Crippen LogP contribution in [0.3, 0.4) is 0 Å². The lowest BCUT2D eigenvalue weighted by Gasteiger charge is -2.40. The number of aliphatic hydroxyl groups is 1. The zero-order valence-electron chi connectivity index (χ0n) is 11.9. The van der Waals surface area contributed by atoms with E-state index in [2.05, 4.69) is 18.6 Å². The van der Waals surface area contributed by atoms with Crippen LogP contribution in [0.4, 0.5) is 0 Å². The second-order valence-electron chi connectivity index (χ2n) is 6.28. The average molecular weight is 288 g/mol. The SMILES string of the molecule is CCC(C#N)S(=O)(=O)NCC1(O)CCC(C)(C)CC1. The van der Waals surface area contributed by atoms with Gasteiger partial charge < -0.3 is 5.11 Å². The van der Waals surface area contributed by atoms with E-state index in [0.717, 1.165) is 12.8 Å². The third-order valence-electron chi connectivity index (χ3n) is 4.03. The Morgan fingerprint density at radius 2 is 1.84 bits per heavy atom. The highest BCUT2D eigenvalue weighted by Crippen LogP contribution is 2.39. The van der Waals surface area contributed by atoms with Gasteiger partial charge in [0.2, 0.25) is 10.0 Å². The summed E-state index contributed by atoms with van der Waals surface area (Å²) in [6.07, 6.45) is 3.18. The van der Waals surface area contributed by atoms with Gasteiger partial charge in [-0.3, -0.25) is 0 Å². The van der Waals surface area contributed by atoms with Crippen LogP contribution >= 0.6 is 0 Å². The summed E-state index contributed by atoms with van der Waals surface area (Å²) in [5, 5.41) is 18.1. The minimum absolute atomic E-state index is 0.00356. The van der Waals surface area contributed by atoms with E-state index in [4.69, 9.17) is 5.26 Å². The van der Waals surface area contributed by atoms with E-state index in [1.807, 2.05) is 0 Å². The molecule has 0 saturated heterocycles. The predicted molar refractivity (Wildman–Crippen MR) is 73.8 cm³/mol. The molecule has 0 spiro atoms. The zero-order chi connectivity index (χ0) is 14.7. The smallest absolute Gasteiger partial charge is 0.228 e. The fraction of sp³-hybridized carbons (Fsp3) is 0.923. The molecular formula is C13H24N2O3S. The Morgan fingerprint density at radius 3 is 2.26 bits per heavy atom. The summed E-state index contributed by atoms with van der Waals surface area (Å²) in [6.45, 7) is 5.97. The van der Waals surface area contributed by atoms with Crippen LogP contribution in [0.2, 0.25) is 0 Å². The van der Waals surface area contributed by atoms with Crippen LogP contribution < -0.4 is 4.72 Å².